The zero-order valence-corrected chi connectivity index (χ0v) is 6.00. The van der Waals surface area contributed by atoms with Gasteiger partial charge in [-0.2, -0.15) is 0 Å². The molecule has 0 unspecified atom stereocenters. The first-order valence-corrected chi connectivity index (χ1v) is 3.32. The maximum Gasteiger partial charge on any atom is 0.174 e. The van der Waals surface area contributed by atoms with Gasteiger partial charge in [0.1, 0.15) is 0 Å². The molecule has 0 aliphatic carbocycles. The number of hydrogen-bond donors (Lipinski definition) is 0. The predicted octanol–water partition coefficient (Wildman–Crippen LogP) is 1.85. The summed E-state index contributed by atoms with van der Waals surface area (Å²) in [5, 5.41) is 0. The molecule has 1 aromatic rings. The molecule has 1 heteroatoms. The minimum Gasteiger partial charge on any atom is -0.293 e. The number of carbonyl (C=O) groups excluding carboxylic acids is 1. The van der Waals surface area contributed by atoms with Crippen molar-refractivity contribution >= 4 is 5.78 Å². The largest absolute Gasteiger partial charge is 0.293 e. The molecule has 11 heavy (non-hydrogen) atoms. The minimum atomic E-state index is -0.0550. The van der Waals surface area contributed by atoms with Crippen molar-refractivity contribution in [3.8, 4) is 5.92 Å². The Balaban J connectivity index is 2.79. The molecular formula is C10H7O. The lowest BCUT2D eigenvalue weighted by Gasteiger charge is -1.93. The molecule has 1 nitrogen and oxygen atoms in total. The second-order valence-electron chi connectivity index (χ2n) is 2.14. The lowest BCUT2D eigenvalue weighted by atomic mass is 10.1. The summed E-state index contributed by atoms with van der Waals surface area (Å²) in [4.78, 5) is 11.1. The van der Waals surface area contributed by atoms with Crippen LogP contribution >= 0.6 is 0 Å². The van der Waals surface area contributed by atoms with E-state index in [4.69, 9.17) is 6.42 Å². The van der Waals surface area contributed by atoms with Crippen LogP contribution in [0.3, 0.4) is 0 Å². The number of benzene rings is 1. The SMILES string of the molecule is [C]#CCC(=O)c1ccccc1. The Hall–Kier alpha value is -1.55. The summed E-state index contributed by atoms with van der Waals surface area (Å²) in [5.41, 5.74) is 0.646. The fourth-order valence-electron chi connectivity index (χ4n) is 0.806. The van der Waals surface area contributed by atoms with Gasteiger partial charge in [0.05, 0.1) is 6.42 Å². The lowest BCUT2D eigenvalue weighted by Crippen LogP contribution is -1.95. The molecule has 0 N–H and O–H groups in total. The molecular weight excluding hydrogens is 136 g/mol. The summed E-state index contributed by atoms with van der Waals surface area (Å²) in [5.74, 6) is 2.01. The maximum absolute atomic E-state index is 11.1. The van der Waals surface area contributed by atoms with Gasteiger partial charge in [0.15, 0.2) is 5.78 Å². The van der Waals surface area contributed by atoms with Crippen molar-refractivity contribution in [1.29, 1.82) is 0 Å². The zero-order valence-electron chi connectivity index (χ0n) is 6.00. The van der Waals surface area contributed by atoms with Gasteiger partial charge in [0.25, 0.3) is 0 Å². The highest BCUT2D eigenvalue weighted by atomic mass is 16.1. The highest BCUT2D eigenvalue weighted by molar-refractivity contribution is 5.97. The second-order valence-corrected chi connectivity index (χ2v) is 2.14. The van der Waals surface area contributed by atoms with Crippen molar-refractivity contribution < 1.29 is 4.79 Å². The molecule has 0 spiro atoms. The molecule has 1 radical (unpaired) electrons. The smallest absolute Gasteiger partial charge is 0.174 e. The quantitative estimate of drug-likeness (QED) is 0.456. The first kappa shape index (κ1) is 7.56. The van der Waals surface area contributed by atoms with Gasteiger partial charge in [0, 0.05) is 5.56 Å². The van der Waals surface area contributed by atoms with Crippen LogP contribution in [-0.2, 0) is 0 Å². The van der Waals surface area contributed by atoms with Crippen LogP contribution in [0.4, 0.5) is 0 Å². The third kappa shape index (κ3) is 1.94. The van der Waals surface area contributed by atoms with Gasteiger partial charge in [-0.1, -0.05) is 36.3 Å². The molecule has 0 fully saturated rings. The van der Waals surface area contributed by atoms with Crippen LogP contribution < -0.4 is 0 Å². The van der Waals surface area contributed by atoms with Crippen molar-refractivity contribution in [2.24, 2.45) is 0 Å². The number of hydrogen-bond acceptors (Lipinski definition) is 1. The van der Waals surface area contributed by atoms with Crippen LogP contribution in [0.2, 0.25) is 0 Å². The van der Waals surface area contributed by atoms with Crippen LogP contribution in [0.15, 0.2) is 30.3 Å². The van der Waals surface area contributed by atoms with Gasteiger partial charge in [-0.15, -0.1) is 0 Å². The molecule has 1 aromatic carbocycles. The van der Waals surface area contributed by atoms with Gasteiger partial charge >= 0.3 is 0 Å². The van der Waals surface area contributed by atoms with Crippen LogP contribution in [0, 0.1) is 12.3 Å². The van der Waals surface area contributed by atoms with E-state index < -0.39 is 0 Å². The number of carbonyl (C=O) groups is 1. The molecule has 0 aliphatic rings. The van der Waals surface area contributed by atoms with E-state index in [2.05, 4.69) is 5.92 Å². The Kier molecular flexibility index (Phi) is 2.46. The normalized spacial score (nSPS) is 8.64. The topological polar surface area (TPSA) is 17.1 Å². The van der Waals surface area contributed by atoms with E-state index in [1.807, 2.05) is 6.07 Å². The molecule has 0 aliphatic heterocycles. The van der Waals surface area contributed by atoms with Gasteiger partial charge in [-0.25, -0.2) is 0 Å². The summed E-state index contributed by atoms with van der Waals surface area (Å²) in [7, 11) is 0. The summed E-state index contributed by atoms with van der Waals surface area (Å²) in [6.45, 7) is 0. The number of Topliss-reactive ketones (excluding diaryl/α,β-unsaturated/α-hetero) is 1. The van der Waals surface area contributed by atoms with Crippen LogP contribution in [0.1, 0.15) is 16.8 Å². The summed E-state index contributed by atoms with van der Waals surface area (Å²) < 4.78 is 0. The minimum absolute atomic E-state index is 0.0550. The van der Waals surface area contributed by atoms with Crippen molar-refractivity contribution in [3.63, 3.8) is 0 Å². The first-order valence-electron chi connectivity index (χ1n) is 3.32. The van der Waals surface area contributed by atoms with E-state index in [-0.39, 0.29) is 12.2 Å². The summed E-state index contributed by atoms with van der Waals surface area (Å²) in [6.07, 6.45) is 6.68. The molecule has 0 aromatic heterocycles. The number of ketones is 1. The summed E-state index contributed by atoms with van der Waals surface area (Å²) in [6, 6.07) is 8.93. The third-order valence-corrected chi connectivity index (χ3v) is 1.34. The zero-order chi connectivity index (χ0) is 8.10. The fraction of sp³-hybridized carbons (Fsp3) is 0.100. The Morgan fingerprint density at radius 1 is 1.36 bits per heavy atom. The van der Waals surface area contributed by atoms with Gasteiger partial charge in [0.2, 0.25) is 0 Å². The number of rotatable bonds is 2. The first-order chi connectivity index (χ1) is 5.34. The highest BCUT2D eigenvalue weighted by Gasteiger charge is 2.00. The van der Waals surface area contributed by atoms with Crippen molar-refractivity contribution in [2.45, 2.75) is 6.42 Å². The molecule has 0 saturated heterocycles. The molecule has 0 heterocycles. The Bertz CT molecular complexity index is 279. The van der Waals surface area contributed by atoms with E-state index in [1.165, 1.54) is 0 Å². The van der Waals surface area contributed by atoms with Crippen molar-refractivity contribution in [3.05, 3.63) is 42.3 Å². The summed E-state index contributed by atoms with van der Waals surface area (Å²) >= 11 is 0. The maximum atomic E-state index is 11.1. The van der Waals surface area contributed by atoms with E-state index in [1.54, 1.807) is 24.3 Å². The van der Waals surface area contributed by atoms with Gasteiger partial charge < -0.3 is 0 Å². The lowest BCUT2D eigenvalue weighted by molar-refractivity contribution is 0.0998. The fourth-order valence-corrected chi connectivity index (χ4v) is 0.806. The Morgan fingerprint density at radius 3 is 2.55 bits per heavy atom. The van der Waals surface area contributed by atoms with E-state index in [0.717, 1.165) is 0 Å². The monoisotopic (exact) mass is 143 g/mol. The van der Waals surface area contributed by atoms with Gasteiger partial charge in [-0.05, 0) is 6.42 Å². The van der Waals surface area contributed by atoms with Crippen LogP contribution in [-0.4, -0.2) is 5.78 Å². The van der Waals surface area contributed by atoms with Gasteiger partial charge in [-0.3, -0.25) is 4.79 Å². The van der Waals surface area contributed by atoms with Crippen LogP contribution in [0.5, 0.6) is 0 Å². The standard InChI is InChI=1S/C10H7O/c1-2-6-10(11)9-7-4-3-5-8-9/h3-5,7-8H,6H2. The molecule has 0 bridgehead atoms. The average Bonchev–Trinajstić information content (AvgIpc) is 2.07. The van der Waals surface area contributed by atoms with Crippen molar-refractivity contribution in [2.75, 3.05) is 0 Å². The molecule has 0 atom stereocenters. The molecule has 0 amide bonds. The molecule has 1 rings (SSSR count). The predicted molar refractivity (Wildman–Crippen MR) is 42.5 cm³/mol. The average molecular weight is 143 g/mol. The molecule has 53 valence electrons. The third-order valence-electron chi connectivity index (χ3n) is 1.34. The van der Waals surface area contributed by atoms with Crippen LogP contribution in [0.25, 0.3) is 0 Å². The van der Waals surface area contributed by atoms with Crippen molar-refractivity contribution in [1.82, 2.24) is 0 Å². The highest BCUT2D eigenvalue weighted by Crippen LogP contribution is 2.01. The van der Waals surface area contributed by atoms with E-state index >= 15 is 0 Å². The Labute approximate surface area is 66.1 Å². The molecule has 0 saturated carbocycles. The Morgan fingerprint density at radius 2 is 2.00 bits per heavy atom. The second kappa shape index (κ2) is 3.58. The van der Waals surface area contributed by atoms with E-state index in [0.29, 0.717) is 5.56 Å². The van der Waals surface area contributed by atoms with E-state index in [9.17, 15) is 4.79 Å².